The van der Waals surface area contributed by atoms with Gasteiger partial charge in [0.25, 0.3) is 0 Å². The zero-order chi connectivity index (χ0) is 25.5. The molecule has 36 heavy (non-hydrogen) atoms. The van der Waals surface area contributed by atoms with Crippen LogP contribution in [0.5, 0.6) is 0 Å². The lowest BCUT2D eigenvalue weighted by atomic mass is 9.72. The molecule has 3 aliphatic rings. The SMILES string of the molecule is COC(=O)[C@H]1CC[C@H](/C(N)=N/OC(=O)c2ccc(N3CCC(OC)(C4CCCCC4)CC3)cc2)CC1. The van der Waals surface area contributed by atoms with Gasteiger partial charge in [-0.15, -0.1) is 0 Å². The third-order valence-corrected chi connectivity index (χ3v) is 8.75. The van der Waals surface area contributed by atoms with Crippen LogP contribution in [0, 0.1) is 17.8 Å². The summed E-state index contributed by atoms with van der Waals surface area (Å²) in [5, 5.41) is 3.90. The molecule has 0 radical (unpaired) electrons. The molecule has 3 fully saturated rings. The lowest BCUT2D eigenvalue weighted by Crippen LogP contribution is -2.50. The minimum absolute atomic E-state index is 0.00742. The highest BCUT2D eigenvalue weighted by atomic mass is 16.7. The van der Waals surface area contributed by atoms with Crippen LogP contribution in [-0.4, -0.2) is 50.7 Å². The van der Waals surface area contributed by atoms with Crippen LogP contribution in [0.25, 0.3) is 0 Å². The molecule has 4 rings (SSSR count). The van der Waals surface area contributed by atoms with E-state index < -0.39 is 5.97 Å². The highest BCUT2D eigenvalue weighted by Crippen LogP contribution is 2.42. The number of amidine groups is 1. The van der Waals surface area contributed by atoms with E-state index >= 15 is 0 Å². The fraction of sp³-hybridized carbons (Fsp3) is 0.679. The topological polar surface area (TPSA) is 103 Å². The Labute approximate surface area is 214 Å². The lowest BCUT2D eigenvalue weighted by molar-refractivity contribution is -0.146. The van der Waals surface area contributed by atoms with E-state index in [0.29, 0.717) is 30.2 Å². The number of methoxy groups -OCH3 is 2. The molecule has 1 heterocycles. The number of carbonyl (C=O) groups excluding carboxylic acids is 2. The van der Waals surface area contributed by atoms with Crippen molar-refractivity contribution >= 4 is 23.5 Å². The van der Waals surface area contributed by atoms with Crippen molar-refractivity contribution in [2.75, 3.05) is 32.2 Å². The smallest absolute Gasteiger partial charge is 0.365 e. The van der Waals surface area contributed by atoms with Crippen molar-refractivity contribution in [1.82, 2.24) is 0 Å². The van der Waals surface area contributed by atoms with Gasteiger partial charge >= 0.3 is 11.9 Å². The predicted octanol–water partition coefficient (Wildman–Crippen LogP) is 4.66. The van der Waals surface area contributed by atoms with Crippen molar-refractivity contribution in [3.8, 4) is 0 Å². The quantitative estimate of drug-likeness (QED) is 0.191. The fourth-order valence-corrected chi connectivity index (χ4v) is 6.37. The van der Waals surface area contributed by atoms with Crippen molar-refractivity contribution in [2.45, 2.75) is 76.2 Å². The molecule has 1 aromatic carbocycles. The summed E-state index contributed by atoms with van der Waals surface area (Å²) in [7, 11) is 3.29. The number of nitrogens with zero attached hydrogens (tertiary/aromatic N) is 2. The number of esters is 1. The minimum atomic E-state index is -0.526. The normalized spacial score (nSPS) is 25.3. The maximum absolute atomic E-state index is 12.5. The molecule has 2 aliphatic carbocycles. The van der Waals surface area contributed by atoms with Crippen molar-refractivity contribution in [3.63, 3.8) is 0 Å². The van der Waals surface area contributed by atoms with Crippen molar-refractivity contribution in [2.24, 2.45) is 28.6 Å². The second-order valence-electron chi connectivity index (χ2n) is 10.6. The Morgan fingerprint density at radius 2 is 1.53 bits per heavy atom. The van der Waals surface area contributed by atoms with Crippen LogP contribution in [0.4, 0.5) is 5.69 Å². The number of piperidine rings is 1. The van der Waals surface area contributed by atoms with Crippen LogP contribution in [0.2, 0.25) is 0 Å². The average Bonchev–Trinajstić information content (AvgIpc) is 2.96. The van der Waals surface area contributed by atoms with E-state index in [1.807, 2.05) is 19.2 Å². The second-order valence-corrected chi connectivity index (χ2v) is 10.6. The van der Waals surface area contributed by atoms with E-state index in [0.717, 1.165) is 44.5 Å². The molecule has 0 atom stereocenters. The van der Waals surface area contributed by atoms with E-state index in [9.17, 15) is 9.59 Å². The van der Waals surface area contributed by atoms with E-state index in [4.69, 9.17) is 20.0 Å². The third-order valence-electron chi connectivity index (χ3n) is 8.75. The van der Waals surface area contributed by atoms with Crippen molar-refractivity contribution in [1.29, 1.82) is 0 Å². The van der Waals surface area contributed by atoms with Gasteiger partial charge in [0, 0.05) is 31.8 Å². The van der Waals surface area contributed by atoms with Crippen LogP contribution in [0.3, 0.4) is 0 Å². The van der Waals surface area contributed by atoms with Gasteiger partial charge in [-0.2, -0.15) is 0 Å². The molecule has 1 aromatic rings. The van der Waals surface area contributed by atoms with Crippen molar-refractivity contribution in [3.05, 3.63) is 29.8 Å². The maximum Gasteiger partial charge on any atom is 0.365 e. The number of oxime groups is 1. The molecule has 8 nitrogen and oxygen atoms in total. The van der Waals surface area contributed by atoms with Gasteiger partial charge < -0.3 is 24.9 Å². The number of nitrogens with two attached hydrogens (primary N) is 1. The number of hydrogen-bond donors (Lipinski definition) is 1. The van der Waals surface area contributed by atoms with E-state index in [1.54, 1.807) is 12.1 Å². The van der Waals surface area contributed by atoms with Crippen LogP contribution >= 0.6 is 0 Å². The van der Waals surface area contributed by atoms with Crippen LogP contribution < -0.4 is 10.6 Å². The minimum Gasteiger partial charge on any atom is -0.469 e. The highest BCUT2D eigenvalue weighted by molar-refractivity contribution is 5.91. The van der Waals surface area contributed by atoms with Crippen LogP contribution in [0.15, 0.2) is 29.4 Å². The largest absolute Gasteiger partial charge is 0.469 e. The lowest BCUT2D eigenvalue weighted by Gasteiger charge is -2.47. The van der Waals surface area contributed by atoms with Crippen molar-refractivity contribution < 1.29 is 23.9 Å². The monoisotopic (exact) mass is 499 g/mol. The first-order valence-electron chi connectivity index (χ1n) is 13.5. The molecule has 1 saturated heterocycles. The number of ether oxygens (including phenoxy) is 2. The van der Waals surface area contributed by atoms with Gasteiger partial charge in [-0.25, -0.2) is 4.79 Å². The molecule has 198 valence electrons. The first kappa shape index (κ1) is 26.5. The summed E-state index contributed by atoms with van der Waals surface area (Å²) in [6.45, 7) is 1.90. The first-order chi connectivity index (χ1) is 17.5. The molecular weight excluding hydrogens is 458 g/mol. The van der Waals surface area contributed by atoms with Gasteiger partial charge in [0.2, 0.25) is 0 Å². The zero-order valence-corrected chi connectivity index (χ0v) is 21.7. The molecule has 8 heteroatoms. The van der Waals surface area contributed by atoms with E-state index in [1.165, 1.54) is 39.2 Å². The first-order valence-corrected chi connectivity index (χ1v) is 13.5. The summed E-state index contributed by atoms with van der Waals surface area (Å²) in [4.78, 5) is 31.7. The van der Waals surface area contributed by atoms with Gasteiger partial charge in [0.1, 0.15) is 5.84 Å². The number of carbonyl (C=O) groups is 2. The Morgan fingerprint density at radius 3 is 2.11 bits per heavy atom. The highest BCUT2D eigenvalue weighted by Gasteiger charge is 2.42. The standard InChI is InChI=1S/C28H41N3O5/c1-34-26(32)21-10-8-20(9-11-21)25(29)30-36-27(33)22-12-14-24(15-13-22)31-18-16-28(35-2,17-19-31)23-6-4-3-5-7-23/h12-15,20-21,23H,3-11,16-19H2,1-2H3,(H2,29,30)/t20-,21-. The summed E-state index contributed by atoms with van der Waals surface area (Å²) < 4.78 is 11.0. The molecule has 0 aromatic heterocycles. The number of anilines is 1. The summed E-state index contributed by atoms with van der Waals surface area (Å²) in [6.07, 6.45) is 11.5. The van der Waals surface area contributed by atoms with E-state index in [2.05, 4.69) is 10.1 Å². The summed E-state index contributed by atoms with van der Waals surface area (Å²) in [6, 6.07) is 7.50. The average molecular weight is 500 g/mol. The predicted molar refractivity (Wildman–Crippen MR) is 139 cm³/mol. The molecule has 2 saturated carbocycles. The van der Waals surface area contributed by atoms with Gasteiger partial charge in [0.05, 0.1) is 24.2 Å². The second kappa shape index (κ2) is 12.1. The summed E-state index contributed by atoms with van der Waals surface area (Å²) in [5.41, 5.74) is 7.63. The molecule has 0 spiro atoms. The maximum atomic E-state index is 12.5. The number of benzene rings is 1. The van der Waals surface area contributed by atoms with Gasteiger partial charge in [-0.1, -0.05) is 24.4 Å². The molecule has 0 amide bonds. The van der Waals surface area contributed by atoms with Gasteiger partial charge in [-0.05, 0) is 81.5 Å². The Kier molecular flexibility index (Phi) is 8.88. The van der Waals surface area contributed by atoms with Gasteiger partial charge in [-0.3, -0.25) is 4.79 Å². The molecule has 0 unspecified atom stereocenters. The summed E-state index contributed by atoms with van der Waals surface area (Å²) >= 11 is 0. The molecule has 2 N–H and O–H groups in total. The van der Waals surface area contributed by atoms with E-state index in [-0.39, 0.29) is 23.4 Å². The van der Waals surface area contributed by atoms with Gasteiger partial charge in [0.15, 0.2) is 0 Å². The molecule has 0 bridgehead atoms. The zero-order valence-electron chi connectivity index (χ0n) is 21.7. The Bertz CT molecular complexity index is 910. The Morgan fingerprint density at radius 1 is 0.917 bits per heavy atom. The van der Waals surface area contributed by atoms with Crippen LogP contribution in [0.1, 0.15) is 81.0 Å². The molecular formula is C28H41N3O5. The summed E-state index contributed by atoms with van der Waals surface area (Å²) in [5.74, 6) is 0.196. The molecule has 1 aliphatic heterocycles. The Balaban J connectivity index is 1.27. The Hall–Kier alpha value is -2.61. The third kappa shape index (κ3) is 6.02. The number of rotatable bonds is 7. The van der Waals surface area contributed by atoms with Crippen LogP contribution in [-0.2, 0) is 19.1 Å². The fourth-order valence-electron chi connectivity index (χ4n) is 6.37. The number of hydrogen-bond acceptors (Lipinski definition) is 7.